The molecule has 3 heterocycles. The fraction of sp³-hybridized carbons (Fsp3) is 0.524. The van der Waals surface area contributed by atoms with Crippen molar-refractivity contribution in [2.45, 2.75) is 25.9 Å². The van der Waals surface area contributed by atoms with E-state index in [9.17, 15) is 9.59 Å². The van der Waals surface area contributed by atoms with E-state index in [1.54, 1.807) is 0 Å². The second-order valence-corrected chi connectivity index (χ2v) is 7.74. The average molecular weight is 369 g/mol. The first-order chi connectivity index (χ1) is 13.0. The highest BCUT2D eigenvalue weighted by Gasteiger charge is 2.43. The molecule has 1 aromatic carbocycles. The fourth-order valence-electron chi connectivity index (χ4n) is 4.02. The number of hydrogen-bond donors (Lipinski definition) is 0. The molecule has 2 saturated heterocycles. The lowest BCUT2D eigenvalue weighted by Gasteiger charge is -2.34. The third-order valence-electron chi connectivity index (χ3n) is 5.71. The lowest BCUT2D eigenvalue weighted by atomic mass is 10.0. The molecular weight excluding hydrogens is 342 g/mol. The summed E-state index contributed by atoms with van der Waals surface area (Å²) in [4.78, 5) is 32.3. The summed E-state index contributed by atoms with van der Waals surface area (Å²) in [5.74, 6) is -0.357. The van der Waals surface area contributed by atoms with Gasteiger partial charge >= 0.3 is 0 Å². The van der Waals surface area contributed by atoms with Gasteiger partial charge in [-0.05, 0) is 32.4 Å². The highest BCUT2D eigenvalue weighted by molar-refractivity contribution is 6.35. The number of carbonyl (C=O) groups excluding carboxylic acids is 2. The molecule has 0 spiro atoms. The van der Waals surface area contributed by atoms with Crippen molar-refractivity contribution >= 4 is 17.4 Å². The first kappa shape index (κ1) is 18.2. The number of carbonyl (C=O) groups is 2. The fourth-order valence-corrected chi connectivity index (χ4v) is 4.02. The number of rotatable bonds is 4. The van der Waals surface area contributed by atoms with Crippen LogP contribution < -0.4 is 0 Å². The second kappa shape index (κ2) is 7.44. The van der Waals surface area contributed by atoms with Crippen LogP contribution in [0.1, 0.15) is 24.0 Å². The highest BCUT2D eigenvalue weighted by Crippen LogP contribution is 2.33. The minimum Gasteiger partial charge on any atom is -0.376 e. The molecule has 1 atom stereocenters. The van der Waals surface area contributed by atoms with Crippen LogP contribution in [0.3, 0.4) is 0 Å². The van der Waals surface area contributed by atoms with E-state index in [-0.39, 0.29) is 17.9 Å². The Bertz CT molecular complexity index is 757. The van der Waals surface area contributed by atoms with E-state index < -0.39 is 0 Å². The van der Waals surface area contributed by atoms with Gasteiger partial charge in [-0.25, -0.2) is 0 Å². The zero-order valence-corrected chi connectivity index (χ0v) is 16.1. The Labute approximate surface area is 160 Å². The Kier molecular flexibility index (Phi) is 5.02. The summed E-state index contributed by atoms with van der Waals surface area (Å²) in [5, 5.41) is 0. The maximum absolute atomic E-state index is 13.3. The van der Waals surface area contributed by atoms with Gasteiger partial charge in [0.25, 0.3) is 11.8 Å². The molecule has 0 bridgehead atoms. The standard InChI is InChI=1S/C21H27N3O3/c1-15-5-7-16(8-6-15)18-19(23-11-9-22(2)10-12-23)21(26)24(20(18)25)14-17-4-3-13-27-17/h5-8,17H,3-4,9-14H2,1-2H3. The van der Waals surface area contributed by atoms with Crippen LogP contribution in [0.2, 0.25) is 0 Å². The van der Waals surface area contributed by atoms with Crippen LogP contribution in [0.5, 0.6) is 0 Å². The van der Waals surface area contributed by atoms with Gasteiger partial charge in [-0.1, -0.05) is 29.8 Å². The molecule has 6 nitrogen and oxygen atoms in total. The van der Waals surface area contributed by atoms with Crippen LogP contribution in [0.15, 0.2) is 30.0 Å². The normalized spacial score (nSPS) is 24.4. The van der Waals surface area contributed by atoms with Gasteiger partial charge in [-0.15, -0.1) is 0 Å². The van der Waals surface area contributed by atoms with Gasteiger partial charge in [0.2, 0.25) is 0 Å². The van der Waals surface area contributed by atoms with Gasteiger partial charge in [-0.3, -0.25) is 14.5 Å². The third kappa shape index (κ3) is 3.51. The van der Waals surface area contributed by atoms with E-state index in [0.717, 1.165) is 50.1 Å². The Morgan fingerprint density at radius 1 is 1.04 bits per heavy atom. The largest absolute Gasteiger partial charge is 0.376 e. The predicted molar refractivity (Wildman–Crippen MR) is 103 cm³/mol. The van der Waals surface area contributed by atoms with E-state index >= 15 is 0 Å². The van der Waals surface area contributed by atoms with Gasteiger partial charge < -0.3 is 14.5 Å². The van der Waals surface area contributed by atoms with Gasteiger partial charge in [0, 0.05) is 32.8 Å². The molecule has 0 aliphatic carbocycles. The number of imide groups is 1. The second-order valence-electron chi connectivity index (χ2n) is 7.74. The average Bonchev–Trinajstić information content (AvgIpc) is 3.26. The molecule has 4 rings (SSSR count). The summed E-state index contributed by atoms with van der Waals surface area (Å²) in [6, 6.07) is 7.87. The lowest BCUT2D eigenvalue weighted by Crippen LogP contribution is -2.46. The minimum absolute atomic E-state index is 0.0380. The van der Waals surface area contributed by atoms with Crippen LogP contribution >= 0.6 is 0 Å². The van der Waals surface area contributed by atoms with Crippen molar-refractivity contribution in [3.05, 3.63) is 41.1 Å². The number of likely N-dealkylation sites (N-methyl/N-ethyl adjacent to an activating group) is 1. The number of piperazine rings is 1. The summed E-state index contributed by atoms with van der Waals surface area (Å²) in [6.45, 7) is 6.37. The molecule has 1 unspecified atom stereocenters. The molecule has 0 radical (unpaired) electrons. The van der Waals surface area contributed by atoms with Crippen molar-refractivity contribution in [1.82, 2.24) is 14.7 Å². The molecule has 27 heavy (non-hydrogen) atoms. The smallest absolute Gasteiger partial charge is 0.277 e. The number of ether oxygens (including phenoxy) is 1. The maximum Gasteiger partial charge on any atom is 0.277 e. The molecule has 0 saturated carbocycles. The lowest BCUT2D eigenvalue weighted by molar-refractivity contribution is -0.139. The topological polar surface area (TPSA) is 53.1 Å². The zero-order chi connectivity index (χ0) is 19.0. The highest BCUT2D eigenvalue weighted by atomic mass is 16.5. The van der Waals surface area contributed by atoms with Crippen molar-refractivity contribution in [2.75, 3.05) is 46.4 Å². The molecule has 2 fully saturated rings. The number of benzene rings is 1. The summed E-state index contributed by atoms with van der Waals surface area (Å²) in [7, 11) is 2.08. The number of nitrogens with zero attached hydrogens (tertiary/aromatic N) is 3. The van der Waals surface area contributed by atoms with E-state index in [1.165, 1.54) is 4.90 Å². The first-order valence-corrected chi connectivity index (χ1v) is 9.77. The zero-order valence-electron chi connectivity index (χ0n) is 16.1. The Morgan fingerprint density at radius 2 is 1.74 bits per heavy atom. The quantitative estimate of drug-likeness (QED) is 0.753. The van der Waals surface area contributed by atoms with E-state index in [0.29, 0.717) is 24.4 Å². The first-order valence-electron chi connectivity index (χ1n) is 9.77. The number of amides is 2. The van der Waals surface area contributed by atoms with Gasteiger partial charge in [0.1, 0.15) is 5.70 Å². The van der Waals surface area contributed by atoms with Crippen LogP contribution in [0.4, 0.5) is 0 Å². The van der Waals surface area contributed by atoms with Crippen LogP contribution in [0, 0.1) is 6.92 Å². The molecule has 0 N–H and O–H groups in total. The Hall–Kier alpha value is -2.18. The molecular formula is C21H27N3O3. The van der Waals surface area contributed by atoms with Gasteiger partial charge in [-0.2, -0.15) is 0 Å². The van der Waals surface area contributed by atoms with Crippen LogP contribution in [-0.4, -0.2) is 79.0 Å². The monoisotopic (exact) mass is 369 g/mol. The van der Waals surface area contributed by atoms with Crippen LogP contribution in [-0.2, 0) is 14.3 Å². The SMILES string of the molecule is Cc1ccc(C2=C(N3CCN(C)CC3)C(=O)N(CC3CCCO3)C2=O)cc1. The van der Waals surface area contributed by atoms with Gasteiger partial charge in [0.05, 0.1) is 18.2 Å². The van der Waals surface area contributed by atoms with E-state index in [4.69, 9.17) is 4.74 Å². The molecule has 3 aliphatic rings. The molecule has 6 heteroatoms. The van der Waals surface area contributed by atoms with Crippen molar-refractivity contribution in [3.8, 4) is 0 Å². The summed E-state index contributed by atoms with van der Waals surface area (Å²) >= 11 is 0. The van der Waals surface area contributed by atoms with Crippen molar-refractivity contribution in [1.29, 1.82) is 0 Å². The van der Waals surface area contributed by atoms with Crippen LogP contribution in [0.25, 0.3) is 5.57 Å². The van der Waals surface area contributed by atoms with Crippen molar-refractivity contribution < 1.29 is 14.3 Å². The summed E-state index contributed by atoms with van der Waals surface area (Å²) in [6.07, 6.45) is 1.86. The Morgan fingerprint density at radius 3 is 2.37 bits per heavy atom. The third-order valence-corrected chi connectivity index (χ3v) is 5.71. The maximum atomic E-state index is 13.3. The number of hydrogen-bond acceptors (Lipinski definition) is 5. The molecule has 0 aromatic heterocycles. The van der Waals surface area contributed by atoms with E-state index in [2.05, 4.69) is 16.8 Å². The molecule has 3 aliphatic heterocycles. The molecule has 1 aromatic rings. The summed E-state index contributed by atoms with van der Waals surface area (Å²) in [5.41, 5.74) is 3.06. The van der Waals surface area contributed by atoms with Crippen molar-refractivity contribution in [2.24, 2.45) is 0 Å². The molecule has 2 amide bonds. The molecule has 144 valence electrons. The minimum atomic E-state index is -0.187. The predicted octanol–water partition coefficient (Wildman–Crippen LogP) is 1.50. The summed E-state index contributed by atoms with van der Waals surface area (Å²) < 4.78 is 5.68. The van der Waals surface area contributed by atoms with Gasteiger partial charge in [0.15, 0.2) is 0 Å². The Balaban J connectivity index is 1.68. The van der Waals surface area contributed by atoms with E-state index in [1.807, 2.05) is 31.2 Å². The number of aryl methyl sites for hydroxylation is 1. The van der Waals surface area contributed by atoms with Crippen molar-refractivity contribution in [3.63, 3.8) is 0 Å².